The Bertz CT molecular complexity index is 1180. The number of carbonyl (C=O) groups excluding carboxylic acids is 2. The SMILES string of the molecule is CCOc1ccc(C(=O)N2CCN(S(=O)(=O)c3cc4c(cc3Cl)NC(=O)[C@@H](C)O4)CC2)cc1. The molecule has 0 spiro atoms. The molecule has 33 heavy (non-hydrogen) atoms. The number of nitrogens with zero attached hydrogens (tertiary/aromatic N) is 2. The Morgan fingerprint density at radius 2 is 1.85 bits per heavy atom. The summed E-state index contributed by atoms with van der Waals surface area (Å²) >= 11 is 6.26. The van der Waals surface area contributed by atoms with Crippen molar-refractivity contribution in [3.8, 4) is 11.5 Å². The van der Waals surface area contributed by atoms with Gasteiger partial charge in [0.2, 0.25) is 10.0 Å². The molecule has 176 valence electrons. The third-order valence-electron chi connectivity index (χ3n) is 5.52. The van der Waals surface area contributed by atoms with Crippen LogP contribution in [0.2, 0.25) is 5.02 Å². The second-order valence-electron chi connectivity index (χ2n) is 7.68. The van der Waals surface area contributed by atoms with E-state index in [1.54, 1.807) is 36.1 Å². The van der Waals surface area contributed by atoms with Gasteiger partial charge in [-0.25, -0.2) is 8.42 Å². The number of rotatable bonds is 5. The van der Waals surface area contributed by atoms with Crippen molar-refractivity contribution in [3.05, 3.63) is 47.0 Å². The van der Waals surface area contributed by atoms with Crippen LogP contribution in [0.15, 0.2) is 41.3 Å². The molecule has 11 heteroatoms. The van der Waals surface area contributed by atoms with Gasteiger partial charge in [-0.3, -0.25) is 9.59 Å². The number of carbonyl (C=O) groups is 2. The second kappa shape index (κ2) is 9.20. The Labute approximate surface area is 197 Å². The lowest BCUT2D eigenvalue weighted by Crippen LogP contribution is -2.50. The molecule has 1 saturated heterocycles. The quantitative estimate of drug-likeness (QED) is 0.686. The minimum atomic E-state index is -3.93. The summed E-state index contributed by atoms with van der Waals surface area (Å²) in [5, 5.41) is 2.63. The monoisotopic (exact) mass is 493 g/mol. The van der Waals surface area contributed by atoms with Crippen LogP contribution in [0.5, 0.6) is 11.5 Å². The first-order chi connectivity index (χ1) is 15.7. The van der Waals surface area contributed by atoms with E-state index >= 15 is 0 Å². The minimum absolute atomic E-state index is 0.0138. The zero-order valence-corrected chi connectivity index (χ0v) is 19.8. The molecule has 2 aliphatic rings. The maximum Gasteiger partial charge on any atom is 0.265 e. The number of sulfonamides is 1. The number of halogens is 1. The summed E-state index contributed by atoms with van der Waals surface area (Å²) < 4.78 is 38.8. The number of amides is 2. The van der Waals surface area contributed by atoms with Crippen molar-refractivity contribution in [1.29, 1.82) is 0 Å². The molecule has 2 aromatic carbocycles. The summed E-state index contributed by atoms with van der Waals surface area (Å²) in [6.07, 6.45) is -0.744. The van der Waals surface area contributed by atoms with Crippen LogP contribution < -0.4 is 14.8 Å². The molecule has 0 aliphatic carbocycles. The molecule has 1 atom stereocenters. The number of piperazine rings is 1. The van der Waals surface area contributed by atoms with E-state index < -0.39 is 16.1 Å². The topological polar surface area (TPSA) is 105 Å². The fourth-order valence-electron chi connectivity index (χ4n) is 3.72. The number of benzene rings is 2. The van der Waals surface area contributed by atoms with Gasteiger partial charge in [0.25, 0.3) is 11.8 Å². The van der Waals surface area contributed by atoms with Gasteiger partial charge >= 0.3 is 0 Å². The van der Waals surface area contributed by atoms with E-state index in [9.17, 15) is 18.0 Å². The molecular weight excluding hydrogens is 470 g/mol. The van der Waals surface area contributed by atoms with Crippen LogP contribution >= 0.6 is 11.6 Å². The van der Waals surface area contributed by atoms with Crippen molar-refractivity contribution >= 4 is 39.1 Å². The lowest BCUT2D eigenvalue weighted by molar-refractivity contribution is -0.122. The molecule has 0 radical (unpaired) electrons. The smallest absolute Gasteiger partial charge is 0.265 e. The van der Waals surface area contributed by atoms with Crippen molar-refractivity contribution in [2.24, 2.45) is 0 Å². The molecule has 0 aromatic heterocycles. The summed E-state index contributed by atoms with van der Waals surface area (Å²) in [5.74, 6) is 0.432. The highest BCUT2D eigenvalue weighted by molar-refractivity contribution is 7.89. The Balaban J connectivity index is 1.46. The van der Waals surface area contributed by atoms with Crippen molar-refractivity contribution in [2.45, 2.75) is 24.8 Å². The highest BCUT2D eigenvalue weighted by Gasteiger charge is 2.34. The van der Waals surface area contributed by atoms with Gasteiger partial charge < -0.3 is 19.7 Å². The van der Waals surface area contributed by atoms with Crippen molar-refractivity contribution in [3.63, 3.8) is 0 Å². The first kappa shape index (κ1) is 23.3. The number of hydrogen-bond donors (Lipinski definition) is 1. The van der Waals surface area contributed by atoms with Gasteiger partial charge in [-0.05, 0) is 44.2 Å². The zero-order chi connectivity index (χ0) is 23.8. The highest BCUT2D eigenvalue weighted by atomic mass is 35.5. The largest absolute Gasteiger partial charge is 0.494 e. The third kappa shape index (κ3) is 4.64. The Hall–Kier alpha value is -2.82. The molecule has 1 N–H and O–H groups in total. The van der Waals surface area contributed by atoms with Gasteiger partial charge in [0.15, 0.2) is 6.10 Å². The van der Waals surface area contributed by atoms with E-state index in [4.69, 9.17) is 21.1 Å². The van der Waals surface area contributed by atoms with E-state index in [-0.39, 0.29) is 53.7 Å². The fraction of sp³-hybridized carbons (Fsp3) is 0.364. The zero-order valence-electron chi connectivity index (χ0n) is 18.2. The lowest BCUT2D eigenvalue weighted by Gasteiger charge is -2.34. The highest BCUT2D eigenvalue weighted by Crippen LogP contribution is 2.38. The maximum atomic E-state index is 13.3. The standard InChI is InChI=1S/C22H24ClN3O6S/c1-3-31-16-6-4-15(5-7-16)22(28)25-8-10-26(11-9-25)33(29,30)20-13-19-18(12-17(20)23)24-21(27)14(2)32-19/h4-7,12-14H,3,8-11H2,1-2H3,(H,24,27)/t14-/m1/s1. The van der Waals surface area contributed by atoms with Gasteiger partial charge in [0, 0.05) is 37.8 Å². The van der Waals surface area contributed by atoms with Crippen molar-refractivity contribution < 1.29 is 27.5 Å². The number of fused-ring (bicyclic) bond motifs is 1. The predicted molar refractivity (Wildman–Crippen MR) is 122 cm³/mol. The summed E-state index contributed by atoms with van der Waals surface area (Å²) in [6, 6.07) is 9.58. The number of hydrogen-bond acceptors (Lipinski definition) is 6. The Kier molecular flexibility index (Phi) is 6.51. The minimum Gasteiger partial charge on any atom is -0.494 e. The summed E-state index contributed by atoms with van der Waals surface area (Å²) in [4.78, 5) is 26.1. The summed E-state index contributed by atoms with van der Waals surface area (Å²) in [7, 11) is -3.93. The fourth-order valence-corrected chi connectivity index (χ4v) is 5.66. The van der Waals surface area contributed by atoms with E-state index in [2.05, 4.69) is 5.32 Å². The van der Waals surface area contributed by atoms with Gasteiger partial charge in [-0.2, -0.15) is 4.31 Å². The molecule has 2 aliphatic heterocycles. The molecule has 2 heterocycles. The van der Waals surface area contributed by atoms with Crippen LogP contribution in [0.3, 0.4) is 0 Å². The number of ether oxygens (including phenoxy) is 2. The second-order valence-corrected chi connectivity index (χ2v) is 10.00. The van der Waals surface area contributed by atoms with E-state index in [1.165, 1.54) is 16.4 Å². The summed E-state index contributed by atoms with van der Waals surface area (Å²) in [6.45, 7) is 4.75. The molecule has 1 fully saturated rings. The van der Waals surface area contributed by atoms with Gasteiger partial charge in [0.1, 0.15) is 16.4 Å². The summed E-state index contributed by atoms with van der Waals surface area (Å²) in [5.41, 5.74) is 0.841. The Morgan fingerprint density at radius 3 is 2.48 bits per heavy atom. The number of anilines is 1. The van der Waals surface area contributed by atoms with Gasteiger partial charge in [-0.15, -0.1) is 0 Å². The van der Waals surface area contributed by atoms with E-state index in [1.807, 2.05) is 6.92 Å². The van der Waals surface area contributed by atoms with Crippen molar-refractivity contribution in [2.75, 3.05) is 38.1 Å². The Morgan fingerprint density at radius 1 is 1.18 bits per heavy atom. The molecule has 0 bridgehead atoms. The van der Waals surface area contributed by atoms with Crippen LogP contribution in [-0.4, -0.2) is 68.3 Å². The molecule has 9 nitrogen and oxygen atoms in total. The van der Waals surface area contributed by atoms with Crippen LogP contribution in [0, 0.1) is 0 Å². The van der Waals surface area contributed by atoms with Gasteiger partial charge in [0.05, 0.1) is 17.3 Å². The molecule has 0 saturated carbocycles. The maximum absolute atomic E-state index is 13.3. The van der Waals surface area contributed by atoms with Gasteiger partial charge in [-0.1, -0.05) is 11.6 Å². The first-order valence-electron chi connectivity index (χ1n) is 10.5. The van der Waals surface area contributed by atoms with Crippen LogP contribution in [0.25, 0.3) is 0 Å². The van der Waals surface area contributed by atoms with Crippen LogP contribution in [-0.2, 0) is 14.8 Å². The van der Waals surface area contributed by atoms with Crippen LogP contribution in [0.1, 0.15) is 24.2 Å². The molecule has 0 unspecified atom stereocenters. The molecular formula is C22H24ClN3O6S. The average molecular weight is 494 g/mol. The third-order valence-corrected chi connectivity index (χ3v) is 7.88. The first-order valence-corrected chi connectivity index (χ1v) is 12.4. The lowest BCUT2D eigenvalue weighted by atomic mass is 10.2. The van der Waals surface area contributed by atoms with Crippen molar-refractivity contribution in [1.82, 2.24) is 9.21 Å². The normalized spacial score (nSPS) is 18.8. The number of nitrogens with one attached hydrogen (secondary N) is 1. The van der Waals surface area contributed by atoms with E-state index in [0.717, 1.165) is 0 Å². The average Bonchev–Trinajstić information content (AvgIpc) is 2.80. The molecule has 4 rings (SSSR count). The molecule has 2 aromatic rings. The molecule has 2 amide bonds. The van der Waals surface area contributed by atoms with E-state index in [0.29, 0.717) is 23.6 Å². The van der Waals surface area contributed by atoms with Crippen LogP contribution in [0.4, 0.5) is 5.69 Å². The predicted octanol–water partition coefficient (Wildman–Crippen LogP) is 2.60.